The van der Waals surface area contributed by atoms with E-state index in [0.29, 0.717) is 41.7 Å². The van der Waals surface area contributed by atoms with Crippen LogP contribution >= 0.6 is 0 Å². The lowest BCUT2D eigenvalue weighted by molar-refractivity contribution is -0.136. The fourth-order valence-electron chi connectivity index (χ4n) is 3.69. The Hall–Kier alpha value is -4.25. The van der Waals surface area contributed by atoms with Crippen molar-refractivity contribution in [1.29, 1.82) is 0 Å². The molecule has 11 heteroatoms. The zero-order valence-electron chi connectivity index (χ0n) is 21.2. The number of aliphatic hydroxyl groups is 1. The van der Waals surface area contributed by atoms with Crippen molar-refractivity contribution in [3.05, 3.63) is 64.9 Å². The van der Waals surface area contributed by atoms with Crippen LogP contribution in [0.1, 0.15) is 37.9 Å². The van der Waals surface area contributed by atoms with E-state index in [1.165, 1.54) is 7.11 Å². The summed E-state index contributed by atoms with van der Waals surface area (Å²) in [4.78, 5) is 24.4. The molecule has 2 aromatic rings. The van der Waals surface area contributed by atoms with Gasteiger partial charge in [0, 0.05) is 11.3 Å². The number of esters is 1. The summed E-state index contributed by atoms with van der Waals surface area (Å²) >= 11 is 0. The third-order valence-electron chi connectivity index (χ3n) is 5.32. The summed E-state index contributed by atoms with van der Waals surface area (Å²) in [6.45, 7) is 6.10. The van der Waals surface area contributed by atoms with Gasteiger partial charge in [0.1, 0.15) is 12.4 Å². The number of methoxy groups -OCH3 is 1. The Labute approximate surface area is 215 Å². The SMILES string of the molecule is CCOc1ccccc1/C=N/N[C@@H](O)COc1ccc([C@@H]2NC(=O)NC(C)=C2C(=O)OC)cc1OCC. The predicted octanol–water partition coefficient (Wildman–Crippen LogP) is 2.61. The van der Waals surface area contributed by atoms with Crippen molar-refractivity contribution < 1.29 is 33.6 Å². The first-order chi connectivity index (χ1) is 17.9. The number of benzene rings is 2. The molecule has 11 nitrogen and oxygen atoms in total. The maximum atomic E-state index is 12.4. The molecule has 1 aliphatic heterocycles. The van der Waals surface area contributed by atoms with Crippen molar-refractivity contribution in [1.82, 2.24) is 16.1 Å². The molecule has 198 valence electrons. The molecule has 2 amide bonds. The van der Waals surface area contributed by atoms with Gasteiger partial charge in [-0.15, -0.1) is 0 Å². The molecule has 4 N–H and O–H groups in total. The van der Waals surface area contributed by atoms with E-state index in [1.807, 2.05) is 38.1 Å². The summed E-state index contributed by atoms with van der Waals surface area (Å²) in [6.07, 6.45) is 0.445. The Morgan fingerprint density at radius 1 is 1.11 bits per heavy atom. The molecule has 2 aromatic carbocycles. The van der Waals surface area contributed by atoms with Gasteiger partial charge in [0.15, 0.2) is 17.7 Å². The predicted molar refractivity (Wildman–Crippen MR) is 137 cm³/mol. The first-order valence-corrected chi connectivity index (χ1v) is 11.8. The Kier molecular flexibility index (Phi) is 9.73. The molecule has 37 heavy (non-hydrogen) atoms. The third-order valence-corrected chi connectivity index (χ3v) is 5.32. The molecule has 2 atom stereocenters. The van der Waals surface area contributed by atoms with Crippen molar-refractivity contribution in [2.75, 3.05) is 26.9 Å². The van der Waals surface area contributed by atoms with Gasteiger partial charge in [-0.2, -0.15) is 5.10 Å². The zero-order chi connectivity index (χ0) is 26.8. The minimum Gasteiger partial charge on any atom is -0.493 e. The summed E-state index contributed by atoms with van der Waals surface area (Å²) in [7, 11) is 1.28. The highest BCUT2D eigenvalue weighted by Gasteiger charge is 2.32. The fraction of sp³-hybridized carbons (Fsp3) is 0.346. The summed E-state index contributed by atoms with van der Waals surface area (Å²) in [6, 6.07) is 11.3. The Morgan fingerprint density at radius 3 is 2.57 bits per heavy atom. The van der Waals surface area contributed by atoms with Crippen LogP contribution in [0.3, 0.4) is 0 Å². The summed E-state index contributed by atoms with van der Waals surface area (Å²) < 4.78 is 21.9. The maximum absolute atomic E-state index is 12.4. The van der Waals surface area contributed by atoms with E-state index in [-0.39, 0.29) is 12.2 Å². The van der Waals surface area contributed by atoms with Crippen LogP contribution in [0.25, 0.3) is 0 Å². The normalized spacial score (nSPS) is 16.0. The zero-order valence-corrected chi connectivity index (χ0v) is 21.2. The largest absolute Gasteiger partial charge is 0.493 e. The number of carbonyl (C=O) groups is 2. The first-order valence-electron chi connectivity index (χ1n) is 11.8. The molecule has 0 aliphatic carbocycles. The monoisotopic (exact) mass is 512 g/mol. The number of nitrogens with one attached hydrogen (secondary N) is 3. The highest BCUT2D eigenvalue weighted by atomic mass is 16.5. The first kappa shape index (κ1) is 27.3. The topological polar surface area (TPSA) is 140 Å². The molecular formula is C26H32N4O7. The molecular weight excluding hydrogens is 480 g/mol. The third kappa shape index (κ3) is 7.14. The number of rotatable bonds is 12. The quantitative estimate of drug-likeness (QED) is 0.147. The van der Waals surface area contributed by atoms with Gasteiger partial charge in [0.05, 0.1) is 38.2 Å². The van der Waals surface area contributed by atoms with E-state index in [0.717, 1.165) is 5.56 Å². The number of hydrogen-bond donors (Lipinski definition) is 4. The van der Waals surface area contributed by atoms with Crippen molar-refractivity contribution in [2.24, 2.45) is 5.10 Å². The molecule has 3 rings (SSSR count). The van der Waals surface area contributed by atoms with Gasteiger partial charge in [0.2, 0.25) is 0 Å². The van der Waals surface area contributed by atoms with E-state index < -0.39 is 24.3 Å². The van der Waals surface area contributed by atoms with E-state index in [9.17, 15) is 14.7 Å². The van der Waals surface area contributed by atoms with Crippen LogP contribution in [0, 0.1) is 0 Å². The van der Waals surface area contributed by atoms with Crippen LogP contribution in [-0.2, 0) is 9.53 Å². The molecule has 0 unspecified atom stereocenters. The van der Waals surface area contributed by atoms with Crippen LogP contribution in [0.5, 0.6) is 17.2 Å². The number of amides is 2. The number of urea groups is 1. The summed E-state index contributed by atoms with van der Waals surface area (Å²) in [5, 5.41) is 19.7. The lowest BCUT2D eigenvalue weighted by Gasteiger charge is -2.28. The van der Waals surface area contributed by atoms with Crippen molar-refractivity contribution in [2.45, 2.75) is 33.0 Å². The highest BCUT2D eigenvalue weighted by molar-refractivity contribution is 5.95. The molecule has 0 saturated heterocycles. The maximum Gasteiger partial charge on any atom is 0.337 e. The van der Waals surface area contributed by atoms with Gasteiger partial charge in [-0.25, -0.2) is 9.59 Å². The number of nitrogens with zero attached hydrogens (tertiary/aromatic N) is 1. The minimum absolute atomic E-state index is 0.125. The number of aliphatic hydroxyl groups excluding tert-OH is 1. The van der Waals surface area contributed by atoms with Crippen LogP contribution in [-0.4, -0.2) is 56.5 Å². The van der Waals surface area contributed by atoms with Gasteiger partial charge >= 0.3 is 12.0 Å². The number of carbonyl (C=O) groups excluding carboxylic acids is 2. The molecule has 0 fully saturated rings. The van der Waals surface area contributed by atoms with Gasteiger partial charge in [0.25, 0.3) is 0 Å². The van der Waals surface area contributed by atoms with E-state index in [1.54, 1.807) is 31.3 Å². The van der Waals surface area contributed by atoms with Gasteiger partial charge in [-0.1, -0.05) is 18.2 Å². The van der Waals surface area contributed by atoms with Crippen molar-refractivity contribution >= 4 is 18.2 Å². The van der Waals surface area contributed by atoms with Crippen LogP contribution in [0.2, 0.25) is 0 Å². The van der Waals surface area contributed by atoms with Gasteiger partial charge < -0.3 is 34.7 Å². The van der Waals surface area contributed by atoms with Crippen LogP contribution in [0.15, 0.2) is 58.8 Å². The average molecular weight is 513 g/mol. The van der Waals surface area contributed by atoms with Gasteiger partial charge in [-0.05, 0) is 50.6 Å². The van der Waals surface area contributed by atoms with E-state index in [2.05, 4.69) is 21.2 Å². The molecule has 1 heterocycles. The Balaban J connectivity index is 1.70. The van der Waals surface area contributed by atoms with Crippen molar-refractivity contribution in [3.8, 4) is 17.2 Å². The smallest absolute Gasteiger partial charge is 0.337 e. The molecule has 0 bridgehead atoms. The number of ether oxygens (including phenoxy) is 4. The Morgan fingerprint density at radius 2 is 1.84 bits per heavy atom. The molecule has 0 spiro atoms. The number of para-hydroxylation sites is 1. The Bertz CT molecular complexity index is 1170. The fourth-order valence-corrected chi connectivity index (χ4v) is 3.69. The van der Waals surface area contributed by atoms with Crippen LogP contribution < -0.4 is 30.3 Å². The molecule has 0 aromatic heterocycles. The molecule has 1 aliphatic rings. The summed E-state index contributed by atoms with van der Waals surface area (Å²) in [5.41, 5.74) is 4.65. The molecule has 0 radical (unpaired) electrons. The number of hydrazone groups is 1. The number of hydrogen-bond acceptors (Lipinski definition) is 9. The second kappa shape index (κ2) is 13.2. The summed E-state index contributed by atoms with van der Waals surface area (Å²) in [5.74, 6) is 0.883. The standard InChI is InChI=1S/C26H32N4O7/c1-5-35-19-10-8-7-9-18(19)14-27-30-22(31)15-37-20-12-11-17(13-21(20)36-6-2)24-23(25(32)34-4)16(3)28-26(33)29-24/h7-14,22,24,30-31H,5-6,15H2,1-4H3,(H2,28,29,33)/b27-14+/t22-,24-/m0/s1. The van der Waals surface area contributed by atoms with E-state index >= 15 is 0 Å². The highest BCUT2D eigenvalue weighted by Crippen LogP contribution is 2.34. The van der Waals surface area contributed by atoms with E-state index in [4.69, 9.17) is 18.9 Å². The average Bonchev–Trinajstić information content (AvgIpc) is 2.88. The lowest BCUT2D eigenvalue weighted by atomic mass is 9.95. The van der Waals surface area contributed by atoms with Crippen molar-refractivity contribution in [3.63, 3.8) is 0 Å². The van der Waals surface area contributed by atoms with Gasteiger partial charge in [-0.3, -0.25) is 5.43 Å². The minimum atomic E-state index is -1.11. The molecule has 0 saturated carbocycles. The van der Waals surface area contributed by atoms with Crippen LogP contribution in [0.4, 0.5) is 4.79 Å². The second-order valence-electron chi connectivity index (χ2n) is 7.89. The number of allylic oxidation sites excluding steroid dienone is 1. The second-order valence-corrected chi connectivity index (χ2v) is 7.89. The lowest BCUT2D eigenvalue weighted by Crippen LogP contribution is -2.45.